The van der Waals surface area contributed by atoms with Crippen LogP contribution in [0, 0.1) is 0 Å². The van der Waals surface area contributed by atoms with Crippen LogP contribution in [0.5, 0.6) is 0 Å². The average molecular weight is 321 g/mol. The van der Waals surface area contributed by atoms with E-state index in [1.165, 1.54) is 11.3 Å². The summed E-state index contributed by atoms with van der Waals surface area (Å²) in [6.45, 7) is 5.08. The van der Waals surface area contributed by atoms with Gasteiger partial charge in [-0.2, -0.15) is 0 Å². The monoisotopic (exact) mass is 321 g/mol. The van der Waals surface area contributed by atoms with Crippen LogP contribution in [-0.2, 0) is 6.54 Å². The Kier molecular flexibility index (Phi) is 3.86. The van der Waals surface area contributed by atoms with E-state index in [9.17, 15) is 0 Å². The number of benzene rings is 2. The first-order valence-electron chi connectivity index (χ1n) is 8.42. The van der Waals surface area contributed by atoms with Crippen molar-refractivity contribution in [1.82, 2.24) is 14.5 Å². The molecule has 124 valence electrons. The maximum Gasteiger partial charge on any atom is 0.0961 e. The van der Waals surface area contributed by atoms with E-state index in [1.54, 1.807) is 0 Å². The SMILES string of the molecule is CN1CCN(c2ccc(N)cc2Cn2cnc3ccccc32)CC1. The molecule has 0 unspecified atom stereocenters. The van der Waals surface area contributed by atoms with Crippen LogP contribution < -0.4 is 10.6 Å². The van der Waals surface area contributed by atoms with Gasteiger partial charge in [0.25, 0.3) is 0 Å². The van der Waals surface area contributed by atoms with Crippen LogP contribution >= 0.6 is 0 Å². The number of rotatable bonds is 3. The van der Waals surface area contributed by atoms with Crippen molar-refractivity contribution in [2.24, 2.45) is 0 Å². The lowest BCUT2D eigenvalue weighted by Crippen LogP contribution is -2.44. The summed E-state index contributed by atoms with van der Waals surface area (Å²) in [5, 5.41) is 0. The molecule has 0 atom stereocenters. The first-order chi connectivity index (χ1) is 11.7. The van der Waals surface area contributed by atoms with Crippen molar-refractivity contribution in [3.8, 4) is 0 Å². The van der Waals surface area contributed by atoms with Crippen molar-refractivity contribution < 1.29 is 0 Å². The summed E-state index contributed by atoms with van der Waals surface area (Å²) in [5.41, 5.74) is 11.6. The molecule has 0 radical (unpaired) electrons. The molecule has 0 amide bonds. The number of nitrogens with zero attached hydrogens (tertiary/aromatic N) is 4. The zero-order chi connectivity index (χ0) is 16.5. The molecule has 1 fully saturated rings. The summed E-state index contributed by atoms with van der Waals surface area (Å²) < 4.78 is 2.20. The van der Waals surface area contributed by atoms with Gasteiger partial charge in [-0.3, -0.25) is 0 Å². The standard InChI is InChI=1S/C19H23N5/c1-22-8-10-23(11-9-22)18-7-6-16(20)12-15(18)13-24-14-21-17-4-2-3-5-19(17)24/h2-7,12,14H,8-11,13,20H2,1H3. The minimum atomic E-state index is 0.785. The molecule has 0 spiro atoms. The third kappa shape index (κ3) is 2.83. The number of nitrogens with two attached hydrogens (primary N) is 1. The number of aromatic nitrogens is 2. The average Bonchev–Trinajstić information content (AvgIpc) is 2.99. The van der Waals surface area contributed by atoms with E-state index in [1.807, 2.05) is 24.5 Å². The van der Waals surface area contributed by atoms with Gasteiger partial charge in [0.2, 0.25) is 0 Å². The number of hydrogen-bond donors (Lipinski definition) is 1. The van der Waals surface area contributed by atoms with Crippen LogP contribution in [0.1, 0.15) is 5.56 Å². The van der Waals surface area contributed by atoms with Crippen LogP contribution in [0.4, 0.5) is 11.4 Å². The Hall–Kier alpha value is -2.53. The van der Waals surface area contributed by atoms with Gasteiger partial charge in [0, 0.05) is 37.6 Å². The highest BCUT2D eigenvalue weighted by molar-refractivity contribution is 5.75. The summed E-state index contributed by atoms with van der Waals surface area (Å²) in [6, 6.07) is 14.5. The Morgan fingerprint density at radius 1 is 1.04 bits per heavy atom. The fraction of sp³-hybridized carbons (Fsp3) is 0.316. The number of hydrogen-bond acceptors (Lipinski definition) is 4. The lowest BCUT2D eigenvalue weighted by Gasteiger charge is -2.35. The number of anilines is 2. The van der Waals surface area contributed by atoms with Crippen molar-refractivity contribution in [3.63, 3.8) is 0 Å². The minimum Gasteiger partial charge on any atom is -0.399 e. The zero-order valence-corrected chi connectivity index (χ0v) is 14.0. The topological polar surface area (TPSA) is 50.3 Å². The van der Waals surface area contributed by atoms with Crippen molar-refractivity contribution >= 4 is 22.4 Å². The molecule has 4 rings (SSSR count). The normalized spacial score (nSPS) is 16.0. The highest BCUT2D eigenvalue weighted by Gasteiger charge is 2.17. The molecule has 1 aliphatic rings. The Balaban J connectivity index is 1.68. The van der Waals surface area contributed by atoms with Gasteiger partial charge < -0.3 is 20.1 Å². The second-order valence-electron chi connectivity index (χ2n) is 6.54. The number of nitrogen functional groups attached to an aromatic ring is 1. The third-order valence-electron chi connectivity index (χ3n) is 4.82. The third-order valence-corrected chi connectivity index (χ3v) is 4.82. The van der Waals surface area contributed by atoms with E-state index < -0.39 is 0 Å². The molecule has 0 aliphatic carbocycles. The second kappa shape index (κ2) is 6.17. The number of piperazine rings is 1. The Morgan fingerprint density at radius 3 is 2.67 bits per heavy atom. The summed E-state index contributed by atoms with van der Waals surface area (Å²) in [7, 11) is 2.18. The molecule has 0 saturated carbocycles. The lowest BCUT2D eigenvalue weighted by atomic mass is 10.1. The van der Waals surface area contributed by atoms with Gasteiger partial charge in [0.1, 0.15) is 0 Å². The van der Waals surface area contributed by atoms with Gasteiger partial charge >= 0.3 is 0 Å². The number of likely N-dealkylation sites (N-methyl/N-ethyl adjacent to an activating group) is 1. The second-order valence-corrected chi connectivity index (χ2v) is 6.54. The molecule has 2 aromatic carbocycles. The fourth-order valence-corrected chi connectivity index (χ4v) is 3.41. The maximum atomic E-state index is 6.07. The molecular formula is C19H23N5. The molecule has 2 N–H and O–H groups in total. The van der Waals surface area contributed by atoms with Crippen molar-refractivity contribution in [1.29, 1.82) is 0 Å². The molecule has 1 saturated heterocycles. The molecule has 1 aromatic heterocycles. The molecule has 2 heterocycles. The highest BCUT2D eigenvalue weighted by Crippen LogP contribution is 2.26. The Labute approximate surface area is 142 Å². The molecule has 3 aromatic rings. The first-order valence-corrected chi connectivity index (χ1v) is 8.42. The van der Waals surface area contributed by atoms with Crippen molar-refractivity contribution in [2.75, 3.05) is 43.9 Å². The molecule has 24 heavy (non-hydrogen) atoms. The molecule has 5 heteroatoms. The quantitative estimate of drug-likeness (QED) is 0.753. The highest BCUT2D eigenvalue weighted by atomic mass is 15.2. The number of imidazole rings is 1. The van der Waals surface area contributed by atoms with Crippen LogP contribution in [0.3, 0.4) is 0 Å². The van der Waals surface area contributed by atoms with Crippen LogP contribution in [0.15, 0.2) is 48.8 Å². The van der Waals surface area contributed by atoms with Crippen molar-refractivity contribution in [3.05, 3.63) is 54.4 Å². The summed E-state index contributed by atoms with van der Waals surface area (Å²) in [4.78, 5) is 9.34. The predicted octanol–water partition coefficient (Wildman–Crippen LogP) is 2.42. The maximum absolute atomic E-state index is 6.07. The van der Waals surface area contributed by atoms with Gasteiger partial charge in [-0.25, -0.2) is 4.98 Å². The fourth-order valence-electron chi connectivity index (χ4n) is 3.41. The van der Waals surface area contributed by atoms with Gasteiger partial charge in [0.15, 0.2) is 0 Å². The zero-order valence-electron chi connectivity index (χ0n) is 14.0. The molecule has 5 nitrogen and oxygen atoms in total. The molecule has 0 bridgehead atoms. The van der Waals surface area contributed by atoms with Crippen molar-refractivity contribution in [2.45, 2.75) is 6.54 Å². The van der Waals surface area contributed by atoms with Gasteiger partial charge in [-0.05, 0) is 42.9 Å². The van der Waals surface area contributed by atoms with Crippen LogP contribution in [0.25, 0.3) is 11.0 Å². The van der Waals surface area contributed by atoms with E-state index in [2.05, 4.69) is 50.7 Å². The molecular weight excluding hydrogens is 298 g/mol. The van der Waals surface area contributed by atoms with E-state index in [-0.39, 0.29) is 0 Å². The predicted molar refractivity (Wildman–Crippen MR) is 99.4 cm³/mol. The van der Waals surface area contributed by atoms with E-state index in [0.29, 0.717) is 0 Å². The van der Waals surface area contributed by atoms with E-state index in [0.717, 1.165) is 49.4 Å². The van der Waals surface area contributed by atoms with E-state index in [4.69, 9.17) is 5.73 Å². The Bertz CT molecular complexity index is 846. The number of para-hydroxylation sites is 2. The summed E-state index contributed by atoms with van der Waals surface area (Å²) in [6.07, 6.45) is 1.92. The van der Waals surface area contributed by atoms with E-state index >= 15 is 0 Å². The largest absolute Gasteiger partial charge is 0.399 e. The minimum absolute atomic E-state index is 0.785. The number of fused-ring (bicyclic) bond motifs is 1. The van der Waals surface area contributed by atoms with Gasteiger partial charge in [-0.15, -0.1) is 0 Å². The summed E-state index contributed by atoms with van der Waals surface area (Å²) >= 11 is 0. The molecule has 1 aliphatic heterocycles. The smallest absolute Gasteiger partial charge is 0.0961 e. The summed E-state index contributed by atoms with van der Waals surface area (Å²) in [5.74, 6) is 0. The van der Waals surface area contributed by atoms with Crippen LogP contribution in [0.2, 0.25) is 0 Å². The first kappa shape index (κ1) is 15.0. The Morgan fingerprint density at radius 2 is 1.83 bits per heavy atom. The van der Waals surface area contributed by atoms with Crippen LogP contribution in [-0.4, -0.2) is 47.7 Å². The van der Waals surface area contributed by atoms with Gasteiger partial charge in [-0.1, -0.05) is 12.1 Å². The lowest BCUT2D eigenvalue weighted by molar-refractivity contribution is 0.312. The van der Waals surface area contributed by atoms with Gasteiger partial charge in [0.05, 0.1) is 23.9 Å².